The van der Waals surface area contributed by atoms with Crippen LogP contribution in [0.4, 0.5) is 0 Å². The number of Topliss-reactive ketones (excluding diaryl/α,β-unsaturated/α-hetero) is 1. The monoisotopic (exact) mass is 232 g/mol. The van der Waals surface area contributed by atoms with E-state index in [9.17, 15) is 9.59 Å². The Morgan fingerprint density at radius 3 is 2.82 bits per heavy atom. The molecule has 1 atom stereocenters. The van der Waals surface area contributed by atoms with Crippen LogP contribution in [0.2, 0.25) is 0 Å². The molecule has 1 N–H and O–H groups in total. The van der Waals surface area contributed by atoms with E-state index in [-0.39, 0.29) is 17.7 Å². The zero-order chi connectivity index (χ0) is 12.3. The van der Waals surface area contributed by atoms with Gasteiger partial charge in [0.1, 0.15) is 0 Å². The second kappa shape index (κ2) is 5.10. The Labute approximate surface area is 101 Å². The summed E-state index contributed by atoms with van der Waals surface area (Å²) in [5, 5.41) is 2.78. The lowest BCUT2D eigenvalue weighted by Gasteiger charge is -2.32. The maximum Gasteiger partial charge on any atom is 0.237 e. The molecule has 0 bridgehead atoms. The van der Waals surface area contributed by atoms with E-state index in [0.29, 0.717) is 18.7 Å². The first kappa shape index (κ1) is 11.8. The molecule has 90 valence electrons. The van der Waals surface area contributed by atoms with E-state index in [1.807, 2.05) is 30.0 Å². The lowest BCUT2D eigenvalue weighted by molar-refractivity contribution is -0.127. The minimum Gasteiger partial charge on any atom is -0.353 e. The van der Waals surface area contributed by atoms with Gasteiger partial charge >= 0.3 is 0 Å². The normalized spacial score (nSPS) is 21.0. The molecule has 0 radical (unpaired) electrons. The predicted octanol–water partition coefficient (Wildman–Crippen LogP) is 0.690. The summed E-state index contributed by atoms with van der Waals surface area (Å²) in [5.41, 5.74) is 0.700. The molecule has 0 aromatic heterocycles. The quantitative estimate of drug-likeness (QED) is 0.780. The highest BCUT2D eigenvalue weighted by Gasteiger charge is 2.26. The molecule has 17 heavy (non-hydrogen) atoms. The summed E-state index contributed by atoms with van der Waals surface area (Å²) in [4.78, 5) is 25.4. The number of hydrogen-bond acceptors (Lipinski definition) is 3. The number of nitrogens with zero attached hydrogens (tertiary/aromatic N) is 1. The molecule has 1 amide bonds. The molecule has 1 saturated heterocycles. The fourth-order valence-electron chi connectivity index (χ4n) is 1.95. The standard InChI is InChI=1S/C13H16N2O2/c1-10-13(17)14-7-8-15(10)9-12(16)11-5-3-2-4-6-11/h2-6,10H,7-9H2,1H3,(H,14,17). The van der Waals surface area contributed by atoms with Crippen molar-refractivity contribution in [1.29, 1.82) is 0 Å². The van der Waals surface area contributed by atoms with Gasteiger partial charge in [-0.25, -0.2) is 0 Å². The van der Waals surface area contributed by atoms with Crippen molar-refractivity contribution in [2.45, 2.75) is 13.0 Å². The summed E-state index contributed by atoms with van der Waals surface area (Å²) in [7, 11) is 0. The third kappa shape index (κ3) is 2.71. The molecule has 0 spiro atoms. The van der Waals surface area contributed by atoms with Gasteiger partial charge < -0.3 is 5.32 Å². The molecule has 1 aliphatic heterocycles. The lowest BCUT2D eigenvalue weighted by atomic mass is 10.1. The zero-order valence-corrected chi connectivity index (χ0v) is 9.85. The van der Waals surface area contributed by atoms with Gasteiger partial charge in [0.25, 0.3) is 0 Å². The molecular weight excluding hydrogens is 216 g/mol. The number of piperazine rings is 1. The number of amides is 1. The molecule has 1 heterocycles. The third-order valence-electron chi connectivity index (χ3n) is 3.07. The third-order valence-corrected chi connectivity index (χ3v) is 3.07. The minimum atomic E-state index is -0.226. The van der Waals surface area contributed by atoms with E-state index in [1.54, 1.807) is 12.1 Å². The molecule has 1 unspecified atom stereocenters. The number of nitrogens with one attached hydrogen (secondary N) is 1. The largest absolute Gasteiger partial charge is 0.353 e. The van der Waals surface area contributed by atoms with Gasteiger partial charge in [-0.05, 0) is 6.92 Å². The van der Waals surface area contributed by atoms with Crippen LogP contribution in [0.5, 0.6) is 0 Å². The zero-order valence-electron chi connectivity index (χ0n) is 9.85. The average molecular weight is 232 g/mol. The average Bonchev–Trinajstić information content (AvgIpc) is 2.36. The molecule has 4 heteroatoms. The summed E-state index contributed by atoms with van der Waals surface area (Å²) >= 11 is 0. The summed E-state index contributed by atoms with van der Waals surface area (Å²) < 4.78 is 0. The molecule has 1 fully saturated rings. The second-order valence-corrected chi connectivity index (χ2v) is 4.23. The maximum atomic E-state index is 12.0. The van der Waals surface area contributed by atoms with E-state index >= 15 is 0 Å². The fraction of sp³-hybridized carbons (Fsp3) is 0.385. The van der Waals surface area contributed by atoms with Crippen LogP contribution in [0.25, 0.3) is 0 Å². The summed E-state index contributed by atoms with van der Waals surface area (Å²) in [5.74, 6) is 0.0595. The Hall–Kier alpha value is -1.68. The van der Waals surface area contributed by atoms with Gasteiger partial charge in [0.15, 0.2) is 5.78 Å². The van der Waals surface area contributed by atoms with Gasteiger partial charge in [0.2, 0.25) is 5.91 Å². The Morgan fingerprint density at radius 2 is 2.12 bits per heavy atom. The van der Waals surface area contributed by atoms with Crippen molar-refractivity contribution in [2.75, 3.05) is 19.6 Å². The summed E-state index contributed by atoms with van der Waals surface area (Å²) in [6.45, 7) is 3.47. The van der Waals surface area contributed by atoms with Gasteiger partial charge in [-0.15, -0.1) is 0 Å². The van der Waals surface area contributed by atoms with E-state index < -0.39 is 0 Å². The van der Waals surface area contributed by atoms with Gasteiger partial charge in [0.05, 0.1) is 12.6 Å². The SMILES string of the molecule is CC1C(=O)NCCN1CC(=O)c1ccccc1. The van der Waals surface area contributed by atoms with Crippen molar-refractivity contribution in [1.82, 2.24) is 10.2 Å². The van der Waals surface area contributed by atoms with Gasteiger partial charge in [-0.3, -0.25) is 14.5 Å². The fourth-order valence-corrected chi connectivity index (χ4v) is 1.95. The number of carbonyl (C=O) groups excluding carboxylic acids is 2. The van der Waals surface area contributed by atoms with Crippen LogP contribution in [-0.4, -0.2) is 42.3 Å². The summed E-state index contributed by atoms with van der Waals surface area (Å²) in [6.07, 6.45) is 0. The van der Waals surface area contributed by atoms with Crippen LogP contribution < -0.4 is 5.32 Å². The first-order valence-corrected chi connectivity index (χ1v) is 5.78. The van der Waals surface area contributed by atoms with Gasteiger partial charge in [0, 0.05) is 18.7 Å². The van der Waals surface area contributed by atoms with Crippen molar-refractivity contribution < 1.29 is 9.59 Å². The number of ketones is 1. The van der Waals surface area contributed by atoms with Crippen molar-refractivity contribution in [3.05, 3.63) is 35.9 Å². The van der Waals surface area contributed by atoms with Crippen LogP contribution in [0.1, 0.15) is 17.3 Å². The van der Waals surface area contributed by atoms with Crippen molar-refractivity contribution in [3.63, 3.8) is 0 Å². The highest BCUT2D eigenvalue weighted by Crippen LogP contribution is 2.07. The van der Waals surface area contributed by atoms with Crippen LogP contribution in [0.15, 0.2) is 30.3 Å². The molecule has 1 aliphatic rings. The van der Waals surface area contributed by atoms with Crippen LogP contribution in [0.3, 0.4) is 0 Å². The maximum absolute atomic E-state index is 12.0. The van der Waals surface area contributed by atoms with Crippen molar-refractivity contribution in [3.8, 4) is 0 Å². The molecule has 0 saturated carbocycles. The Bertz CT molecular complexity index is 417. The Kier molecular flexibility index (Phi) is 3.54. The molecular formula is C13H16N2O2. The number of rotatable bonds is 3. The Balaban J connectivity index is 2.01. The van der Waals surface area contributed by atoms with Crippen LogP contribution in [-0.2, 0) is 4.79 Å². The second-order valence-electron chi connectivity index (χ2n) is 4.23. The molecule has 1 aromatic carbocycles. The molecule has 4 nitrogen and oxygen atoms in total. The van der Waals surface area contributed by atoms with Crippen LogP contribution in [0, 0.1) is 0 Å². The first-order valence-electron chi connectivity index (χ1n) is 5.78. The van der Waals surface area contributed by atoms with E-state index in [2.05, 4.69) is 5.32 Å². The molecule has 2 rings (SSSR count). The topological polar surface area (TPSA) is 49.4 Å². The van der Waals surface area contributed by atoms with E-state index in [0.717, 1.165) is 6.54 Å². The molecule has 1 aromatic rings. The smallest absolute Gasteiger partial charge is 0.237 e. The van der Waals surface area contributed by atoms with E-state index in [1.165, 1.54) is 0 Å². The van der Waals surface area contributed by atoms with Gasteiger partial charge in [-0.1, -0.05) is 30.3 Å². The minimum absolute atomic E-state index is 0.00267. The van der Waals surface area contributed by atoms with E-state index in [4.69, 9.17) is 0 Å². The number of benzene rings is 1. The van der Waals surface area contributed by atoms with Gasteiger partial charge in [-0.2, -0.15) is 0 Å². The van der Waals surface area contributed by atoms with Crippen molar-refractivity contribution in [2.24, 2.45) is 0 Å². The lowest BCUT2D eigenvalue weighted by Crippen LogP contribution is -2.55. The predicted molar refractivity (Wildman–Crippen MR) is 64.8 cm³/mol. The Morgan fingerprint density at radius 1 is 1.41 bits per heavy atom. The first-order chi connectivity index (χ1) is 8.18. The number of carbonyl (C=O) groups is 2. The van der Waals surface area contributed by atoms with Crippen molar-refractivity contribution >= 4 is 11.7 Å². The highest BCUT2D eigenvalue weighted by molar-refractivity contribution is 5.98. The van der Waals surface area contributed by atoms with Crippen LogP contribution >= 0.6 is 0 Å². The highest BCUT2D eigenvalue weighted by atomic mass is 16.2. The molecule has 0 aliphatic carbocycles. The summed E-state index contributed by atoms with van der Waals surface area (Å²) in [6, 6.07) is 8.96. The number of hydrogen-bond donors (Lipinski definition) is 1.